The molecule has 0 amide bonds. The number of allylic oxidation sites excluding steroid dienone is 2. The summed E-state index contributed by atoms with van der Waals surface area (Å²) >= 11 is 0. The van der Waals surface area contributed by atoms with Gasteiger partial charge in [0.05, 0.1) is 11.1 Å². The first-order valence-electron chi connectivity index (χ1n) is 5.39. The largest absolute Gasteiger partial charge is 0.192 e. The molecule has 0 N–H and O–H groups in total. The van der Waals surface area contributed by atoms with E-state index in [0.717, 1.165) is 11.1 Å². The van der Waals surface area contributed by atoms with Crippen LogP contribution in [0.1, 0.15) is 30.5 Å². The highest BCUT2D eigenvalue weighted by Crippen LogP contribution is 2.14. The molecule has 0 aliphatic rings. The third-order valence-electron chi connectivity index (χ3n) is 2.52. The summed E-state index contributed by atoms with van der Waals surface area (Å²) in [6, 6.07) is 9.21. The van der Waals surface area contributed by atoms with Gasteiger partial charge in [-0.25, -0.2) is 0 Å². The molecule has 1 aromatic carbocycles. The van der Waals surface area contributed by atoms with E-state index < -0.39 is 0 Å². The van der Waals surface area contributed by atoms with Crippen LogP contribution in [0.3, 0.4) is 0 Å². The lowest BCUT2D eigenvalue weighted by atomic mass is 10.0. The van der Waals surface area contributed by atoms with Crippen molar-refractivity contribution < 1.29 is 0 Å². The molecule has 17 heavy (non-hydrogen) atoms. The summed E-state index contributed by atoms with van der Waals surface area (Å²) in [5.41, 5.74) is 2.76. The summed E-state index contributed by atoms with van der Waals surface area (Å²) in [7, 11) is 0. The SMILES string of the molecule is C=C(/C=C/c1ccc(C#N)c(C#N)c1)C(C)C. The first-order valence-corrected chi connectivity index (χ1v) is 5.39. The number of hydrogen-bond acceptors (Lipinski definition) is 2. The number of hydrogen-bond donors (Lipinski definition) is 0. The van der Waals surface area contributed by atoms with E-state index in [9.17, 15) is 0 Å². The van der Waals surface area contributed by atoms with E-state index in [1.807, 2.05) is 30.4 Å². The molecule has 0 aromatic heterocycles. The fourth-order valence-electron chi connectivity index (χ4n) is 1.25. The van der Waals surface area contributed by atoms with Gasteiger partial charge < -0.3 is 0 Å². The molecule has 0 spiro atoms. The minimum atomic E-state index is 0.403. The Morgan fingerprint density at radius 2 is 1.88 bits per heavy atom. The highest BCUT2D eigenvalue weighted by molar-refractivity contribution is 5.58. The molecule has 2 heteroatoms. The van der Waals surface area contributed by atoms with Crippen LogP contribution in [-0.4, -0.2) is 0 Å². The molecular weight excluding hydrogens is 208 g/mol. The van der Waals surface area contributed by atoms with Gasteiger partial charge in [-0.05, 0) is 23.6 Å². The van der Waals surface area contributed by atoms with Crippen LogP contribution in [0.5, 0.6) is 0 Å². The predicted octanol–water partition coefficient (Wildman–Crippen LogP) is 3.66. The zero-order chi connectivity index (χ0) is 12.8. The number of nitriles is 2. The smallest absolute Gasteiger partial charge is 0.101 e. The van der Waals surface area contributed by atoms with Crippen LogP contribution in [0, 0.1) is 28.6 Å². The van der Waals surface area contributed by atoms with Crippen LogP contribution < -0.4 is 0 Å². The van der Waals surface area contributed by atoms with Crippen LogP contribution in [0.2, 0.25) is 0 Å². The Bertz CT molecular complexity index is 537. The number of nitrogens with zero attached hydrogens (tertiary/aromatic N) is 2. The van der Waals surface area contributed by atoms with E-state index >= 15 is 0 Å². The van der Waals surface area contributed by atoms with Crippen LogP contribution in [0.15, 0.2) is 36.4 Å². The molecule has 1 aromatic rings. The van der Waals surface area contributed by atoms with E-state index in [4.69, 9.17) is 10.5 Å². The van der Waals surface area contributed by atoms with Crippen LogP contribution in [-0.2, 0) is 0 Å². The van der Waals surface area contributed by atoms with Crippen LogP contribution in [0.4, 0.5) is 0 Å². The average molecular weight is 222 g/mol. The lowest BCUT2D eigenvalue weighted by Crippen LogP contribution is -1.88. The first kappa shape index (κ1) is 12.7. The standard InChI is InChI=1S/C15H14N2/c1-11(2)12(3)4-5-13-6-7-14(9-16)15(8-13)10-17/h4-8,11H,3H2,1-2H3/b5-4+. The van der Waals surface area contributed by atoms with Crippen molar-refractivity contribution in [2.24, 2.45) is 5.92 Å². The van der Waals surface area contributed by atoms with E-state index in [1.54, 1.807) is 12.1 Å². The Hall–Kier alpha value is -2.32. The molecule has 0 atom stereocenters. The topological polar surface area (TPSA) is 47.6 Å². The van der Waals surface area contributed by atoms with Gasteiger partial charge in [0.15, 0.2) is 0 Å². The van der Waals surface area contributed by atoms with Gasteiger partial charge in [-0.1, -0.05) is 44.2 Å². The third-order valence-corrected chi connectivity index (χ3v) is 2.52. The third kappa shape index (κ3) is 3.33. The van der Waals surface area contributed by atoms with E-state index in [2.05, 4.69) is 20.4 Å². The average Bonchev–Trinajstić information content (AvgIpc) is 2.35. The minimum absolute atomic E-state index is 0.403. The Morgan fingerprint density at radius 1 is 1.24 bits per heavy atom. The van der Waals surface area contributed by atoms with Crippen LogP contribution >= 0.6 is 0 Å². The molecule has 0 bridgehead atoms. The van der Waals surface area contributed by atoms with Crippen molar-refractivity contribution in [2.75, 3.05) is 0 Å². The maximum absolute atomic E-state index is 8.90. The van der Waals surface area contributed by atoms with Gasteiger partial charge in [0.25, 0.3) is 0 Å². The van der Waals surface area contributed by atoms with Gasteiger partial charge in [-0.2, -0.15) is 10.5 Å². The molecule has 0 unspecified atom stereocenters. The predicted molar refractivity (Wildman–Crippen MR) is 68.9 cm³/mol. The normalized spacial score (nSPS) is 10.2. The Kier molecular flexibility index (Phi) is 4.26. The van der Waals surface area contributed by atoms with Crippen molar-refractivity contribution in [3.63, 3.8) is 0 Å². The van der Waals surface area contributed by atoms with Gasteiger partial charge in [0.1, 0.15) is 12.1 Å². The van der Waals surface area contributed by atoms with Crippen LogP contribution in [0.25, 0.3) is 6.08 Å². The molecule has 0 fully saturated rings. The monoisotopic (exact) mass is 222 g/mol. The van der Waals surface area contributed by atoms with Gasteiger partial charge in [0, 0.05) is 0 Å². The lowest BCUT2D eigenvalue weighted by Gasteiger charge is -2.03. The first-order chi connectivity index (χ1) is 8.08. The molecule has 84 valence electrons. The van der Waals surface area contributed by atoms with Gasteiger partial charge in [-0.15, -0.1) is 0 Å². The zero-order valence-electron chi connectivity index (χ0n) is 10.1. The quantitative estimate of drug-likeness (QED) is 0.733. The van der Waals surface area contributed by atoms with E-state index in [-0.39, 0.29) is 0 Å². The van der Waals surface area contributed by atoms with Gasteiger partial charge in [-0.3, -0.25) is 0 Å². The maximum Gasteiger partial charge on any atom is 0.101 e. The fourth-order valence-corrected chi connectivity index (χ4v) is 1.25. The molecule has 2 nitrogen and oxygen atoms in total. The Morgan fingerprint density at radius 3 is 2.41 bits per heavy atom. The summed E-state index contributed by atoms with van der Waals surface area (Å²) in [5, 5.41) is 17.7. The molecule has 0 aliphatic heterocycles. The van der Waals surface area contributed by atoms with Crippen molar-refractivity contribution in [2.45, 2.75) is 13.8 Å². The number of benzene rings is 1. The highest BCUT2D eigenvalue weighted by Gasteiger charge is 2.01. The lowest BCUT2D eigenvalue weighted by molar-refractivity contribution is 0.796. The molecule has 1 rings (SSSR count). The summed E-state index contributed by atoms with van der Waals surface area (Å²) in [6.07, 6.45) is 3.84. The summed E-state index contributed by atoms with van der Waals surface area (Å²) in [4.78, 5) is 0. The minimum Gasteiger partial charge on any atom is -0.192 e. The Labute approximate surface area is 102 Å². The molecule has 0 saturated carbocycles. The molecule has 0 saturated heterocycles. The second-order valence-electron chi connectivity index (χ2n) is 4.09. The summed E-state index contributed by atoms with van der Waals surface area (Å²) < 4.78 is 0. The second kappa shape index (κ2) is 5.68. The molecular formula is C15H14N2. The van der Waals surface area contributed by atoms with Gasteiger partial charge in [0.2, 0.25) is 0 Å². The zero-order valence-corrected chi connectivity index (χ0v) is 10.1. The fraction of sp³-hybridized carbons (Fsp3) is 0.200. The van der Waals surface area contributed by atoms with Crippen molar-refractivity contribution in [1.29, 1.82) is 10.5 Å². The second-order valence-corrected chi connectivity index (χ2v) is 4.09. The van der Waals surface area contributed by atoms with Crippen molar-refractivity contribution >= 4 is 6.08 Å². The molecule has 0 aliphatic carbocycles. The van der Waals surface area contributed by atoms with Crippen molar-refractivity contribution in [3.8, 4) is 12.1 Å². The maximum atomic E-state index is 8.90. The van der Waals surface area contributed by atoms with E-state index in [1.165, 1.54) is 0 Å². The van der Waals surface area contributed by atoms with Crippen molar-refractivity contribution in [3.05, 3.63) is 53.1 Å². The van der Waals surface area contributed by atoms with E-state index in [0.29, 0.717) is 17.0 Å². The summed E-state index contributed by atoms with van der Waals surface area (Å²) in [6.45, 7) is 8.09. The molecule has 0 heterocycles. The van der Waals surface area contributed by atoms with Crippen molar-refractivity contribution in [1.82, 2.24) is 0 Å². The number of rotatable bonds is 3. The summed E-state index contributed by atoms with van der Waals surface area (Å²) in [5.74, 6) is 0.403. The molecule has 0 radical (unpaired) electrons. The highest BCUT2D eigenvalue weighted by atomic mass is 14.3. The van der Waals surface area contributed by atoms with Gasteiger partial charge >= 0.3 is 0 Å². The Balaban J connectivity index is 3.00.